The Bertz CT molecular complexity index is 1520. The van der Waals surface area contributed by atoms with E-state index in [0.29, 0.717) is 53.9 Å². The summed E-state index contributed by atoms with van der Waals surface area (Å²) >= 11 is 0. The third-order valence-corrected chi connectivity index (χ3v) is 7.58. The van der Waals surface area contributed by atoms with Crippen molar-refractivity contribution in [1.29, 1.82) is 0 Å². The number of carbonyl (C=O) groups excluding carboxylic acids is 1. The van der Waals surface area contributed by atoms with E-state index in [-0.39, 0.29) is 0 Å². The SMILES string of the molecule is CCCCCCOc1ccc(-c2nnc(-c3ccc(/C=C/c4cc(OCCC(C)C)c(C=O)cc4OCCC(C)C)cc3)o2)cc1. The Hall–Kier alpha value is -4.39. The first-order valence-corrected chi connectivity index (χ1v) is 16.6. The lowest BCUT2D eigenvalue weighted by Gasteiger charge is -2.15. The van der Waals surface area contributed by atoms with Gasteiger partial charge in [-0.2, -0.15) is 0 Å². The summed E-state index contributed by atoms with van der Waals surface area (Å²) in [5.41, 5.74) is 4.01. The van der Waals surface area contributed by atoms with Crippen LogP contribution < -0.4 is 14.2 Å². The Balaban J connectivity index is 1.44. The zero-order valence-corrected chi connectivity index (χ0v) is 28.0. The van der Waals surface area contributed by atoms with Crippen LogP contribution in [0.1, 0.15) is 94.6 Å². The van der Waals surface area contributed by atoms with Crippen molar-refractivity contribution in [2.24, 2.45) is 11.8 Å². The minimum atomic E-state index is 0.454. The Morgan fingerprint density at radius 1 is 0.674 bits per heavy atom. The maximum Gasteiger partial charge on any atom is 0.248 e. The minimum Gasteiger partial charge on any atom is -0.494 e. The van der Waals surface area contributed by atoms with Crippen LogP contribution in [0.4, 0.5) is 0 Å². The Morgan fingerprint density at radius 3 is 1.80 bits per heavy atom. The second kappa shape index (κ2) is 17.9. The lowest BCUT2D eigenvalue weighted by molar-refractivity contribution is 0.111. The molecule has 0 fully saturated rings. The van der Waals surface area contributed by atoms with Gasteiger partial charge in [0.1, 0.15) is 17.2 Å². The van der Waals surface area contributed by atoms with Crippen molar-refractivity contribution in [2.75, 3.05) is 19.8 Å². The lowest BCUT2D eigenvalue weighted by Crippen LogP contribution is -2.06. The van der Waals surface area contributed by atoms with Crippen LogP contribution in [0.5, 0.6) is 17.2 Å². The topological polar surface area (TPSA) is 83.7 Å². The quantitative estimate of drug-likeness (QED) is 0.0583. The molecule has 46 heavy (non-hydrogen) atoms. The van der Waals surface area contributed by atoms with Gasteiger partial charge in [-0.05, 0) is 85.2 Å². The van der Waals surface area contributed by atoms with Crippen molar-refractivity contribution in [3.63, 3.8) is 0 Å². The van der Waals surface area contributed by atoms with Gasteiger partial charge in [0.05, 0.1) is 25.4 Å². The van der Waals surface area contributed by atoms with E-state index < -0.39 is 0 Å². The first kappa shape index (κ1) is 34.5. The fourth-order valence-electron chi connectivity index (χ4n) is 4.66. The molecule has 4 aromatic rings. The van der Waals surface area contributed by atoms with Gasteiger partial charge in [-0.15, -0.1) is 10.2 Å². The van der Waals surface area contributed by atoms with Crippen LogP contribution in [-0.2, 0) is 0 Å². The number of nitrogens with zero attached hydrogens (tertiary/aromatic N) is 2. The zero-order chi connectivity index (χ0) is 32.7. The molecule has 0 aliphatic heterocycles. The average Bonchev–Trinajstić information content (AvgIpc) is 3.55. The molecule has 0 N–H and O–H groups in total. The van der Waals surface area contributed by atoms with Crippen molar-refractivity contribution in [1.82, 2.24) is 10.2 Å². The number of hydrogen-bond acceptors (Lipinski definition) is 7. The number of carbonyl (C=O) groups is 1. The molecule has 0 unspecified atom stereocenters. The highest BCUT2D eigenvalue weighted by Gasteiger charge is 2.13. The van der Waals surface area contributed by atoms with Crippen LogP contribution in [0.3, 0.4) is 0 Å². The molecule has 0 saturated carbocycles. The molecule has 0 atom stereocenters. The van der Waals surface area contributed by atoms with E-state index in [1.807, 2.05) is 66.7 Å². The van der Waals surface area contributed by atoms with Gasteiger partial charge < -0.3 is 18.6 Å². The van der Waals surface area contributed by atoms with E-state index in [2.05, 4.69) is 44.8 Å². The molecule has 0 aliphatic carbocycles. The zero-order valence-electron chi connectivity index (χ0n) is 28.0. The molecule has 7 heteroatoms. The van der Waals surface area contributed by atoms with Crippen molar-refractivity contribution >= 4 is 18.4 Å². The number of ether oxygens (including phenoxy) is 3. The predicted octanol–water partition coefficient (Wildman–Crippen LogP) is 10.2. The molecule has 0 amide bonds. The number of hydrogen-bond donors (Lipinski definition) is 0. The number of rotatable bonds is 19. The van der Waals surface area contributed by atoms with Gasteiger partial charge in [-0.1, -0.05) is 78.2 Å². The summed E-state index contributed by atoms with van der Waals surface area (Å²) in [5.74, 6) is 4.01. The average molecular weight is 625 g/mol. The standard InChI is InChI=1S/C39H48N2O5/c1-6-7-8-9-22-43-35-18-16-32(17-19-35)39-41-40-38(46-39)31-13-10-30(11-14-31)12-15-33-25-37(45-24-21-29(4)5)34(27-42)26-36(33)44-23-20-28(2)3/h10-19,25-29H,6-9,20-24H2,1-5H3/b15-12+. The van der Waals surface area contributed by atoms with Crippen LogP contribution in [0, 0.1) is 11.8 Å². The molecule has 0 bridgehead atoms. The minimum absolute atomic E-state index is 0.454. The third-order valence-electron chi connectivity index (χ3n) is 7.58. The Kier molecular flexibility index (Phi) is 13.4. The van der Waals surface area contributed by atoms with Crippen LogP contribution in [0.2, 0.25) is 0 Å². The molecule has 0 spiro atoms. The van der Waals surface area contributed by atoms with E-state index >= 15 is 0 Å². The van der Waals surface area contributed by atoms with Crippen molar-refractivity contribution < 1.29 is 23.4 Å². The highest BCUT2D eigenvalue weighted by molar-refractivity contribution is 5.83. The van der Waals surface area contributed by atoms with E-state index in [1.54, 1.807) is 6.07 Å². The summed E-state index contributed by atoms with van der Waals surface area (Å²) in [6, 6.07) is 19.4. The van der Waals surface area contributed by atoms with E-state index in [9.17, 15) is 4.79 Å². The van der Waals surface area contributed by atoms with Crippen LogP contribution in [-0.4, -0.2) is 36.3 Å². The van der Waals surface area contributed by atoms with Crippen LogP contribution in [0.25, 0.3) is 35.1 Å². The normalized spacial score (nSPS) is 11.5. The van der Waals surface area contributed by atoms with Gasteiger partial charge in [0, 0.05) is 16.7 Å². The molecular weight excluding hydrogens is 576 g/mol. The van der Waals surface area contributed by atoms with Crippen LogP contribution >= 0.6 is 0 Å². The van der Waals surface area contributed by atoms with Crippen LogP contribution in [0.15, 0.2) is 65.1 Å². The van der Waals surface area contributed by atoms with E-state index in [0.717, 1.165) is 60.2 Å². The number of aldehydes is 1. The second-order valence-electron chi connectivity index (χ2n) is 12.4. The third kappa shape index (κ3) is 10.6. The first-order chi connectivity index (χ1) is 22.4. The molecule has 3 aromatic carbocycles. The van der Waals surface area contributed by atoms with Gasteiger partial charge in [0.25, 0.3) is 0 Å². The van der Waals surface area contributed by atoms with Crippen molar-refractivity contribution in [3.8, 4) is 40.2 Å². The second-order valence-corrected chi connectivity index (χ2v) is 12.4. The maximum atomic E-state index is 11.9. The number of unbranched alkanes of at least 4 members (excludes halogenated alkanes) is 3. The summed E-state index contributed by atoms with van der Waals surface area (Å²) in [6.45, 7) is 12.7. The highest BCUT2D eigenvalue weighted by atomic mass is 16.5. The molecule has 0 radical (unpaired) electrons. The molecule has 4 rings (SSSR count). The monoisotopic (exact) mass is 624 g/mol. The molecular formula is C39H48N2O5. The van der Waals surface area contributed by atoms with Gasteiger partial charge in [-0.3, -0.25) is 4.79 Å². The summed E-state index contributed by atoms with van der Waals surface area (Å²) in [7, 11) is 0. The molecule has 7 nitrogen and oxygen atoms in total. The molecule has 1 aromatic heterocycles. The summed E-state index contributed by atoms with van der Waals surface area (Å²) < 4.78 is 24.0. The summed E-state index contributed by atoms with van der Waals surface area (Å²) in [5, 5.41) is 8.54. The summed E-state index contributed by atoms with van der Waals surface area (Å²) in [4.78, 5) is 11.9. The van der Waals surface area contributed by atoms with E-state index in [4.69, 9.17) is 18.6 Å². The molecule has 244 valence electrons. The van der Waals surface area contributed by atoms with Gasteiger partial charge in [0.15, 0.2) is 6.29 Å². The van der Waals surface area contributed by atoms with E-state index in [1.165, 1.54) is 19.3 Å². The molecule has 0 aliphatic rings. The Labute approximate surface area is 274 Å². The smallest absolute Gasteiger partial charge is 0.248 e. The summed E-state index contributed by atoms with van der Waals surface area (Å²) in [6.07, 6.45) is 11.4. The number of aromatic nitrogens is 2. The Morgan fingerprint density at radius 2 is 1.24 bits per heavy atom. The predicted molar refractivity (Wildman–Crippen MR) is 185 cm³/mol. The van der Waals surface area contributed by atoms with Gasteiger partial charge in [-0.25, -0.2) is 0 Å². The maximum absolute atomic E-state index is 11.9. The highest BCUT2D eigenvalue weighted by Crippen LogP contribution is 2.31. The van der Waals surface area contributed by atoms with Gasteiger partial charge >= 0.3 is 0 Å². The fourth-order valence-corrected chi connectivity index (χ4v) is 4.66. The lowest BCUT2D eigenvalue weighted by atomic mass is 10.1. The van der Waals surface area contributed by atoms with Crippen molar-refractivity contribution in [2.45, 2.75) is 73.1 Å². The van der Waals surface area contributed by atoms with Crippen molar-refractivity contribution in [3.05, 3.63) is 77.4 Å². The molecule has 1 heterocycles. The fraction of sp³-hybridized carbons (Fsp3) is 0.410. The number of benzene rings is 3. The van der Waals surface area contributed by atoms with Gasteiger partial charge in [0.2, 0.25) is 11.8 Å². The first-order valence-electron chi connectivity index (χ1n) is 16.6. The molecule has 0 saturated heterocycles. The largest absolute Gasteiger partial charge is 0.494 e.